The van der Waals surface area contributed by atoms with Gasteiger partial charge in [0.1, 0.15) is 0 Å². The van der Waals surface area contributed by atoms with Crippen LogP contribution in [0.3, 0.4) is 0 Å². The number of carbonyl (C=O) groups is 3. The molecule has 0 aliphatic carbocycles. The highest BCUT2D eigenvalue weighted by atomic mass is 79.9. The topological polar surface area (TPSA) is 136 Å². The van der Waals surface area contributed by atoms with Crippen LogP contribution in [0.1, 0.15) is 27.0 Å². The molecule has 3 rings (SSSR count). The van der Waals surface area contributed by atoms with Crippen molar-refractivity contribution in [3.05, 3.63) is 39.0 Å². The van der Waals surface area contributed by atoms with Crippen molar-refractivity contribution in [2.45, 2.75) is 45.3 Å². The van der Waals surface area contributed by atoms with Gasteiger partial charge in [-0.05, 0) is 28.1 Å². The van der Waals surface area contributed by atoms with Crippen molar-refractivity contribution >= 4 is 50.4 Å². The zero-order valence-corrected chi connectivity index (χ0v) is 18.4. The van der Waals surface area contributed by atoms with Gasteiger partial charge in [-0.1, -0.05) is 0 Å². The second kappa shape index (κ2) is 9.02. The van der Waals surface area contributed by atoms with E-state index in [0.29, 0.717) is 15.4 Å². The molecule has 11 nitrogen and oxygen atoms in total. The maximum absolute atomic E-state index is 11.8. The van der Waals surface area contributed by atoms with E-state index in [1.54, 1.807) is 22.9 Å². The van der Waals surface area contributed by atoms with Crippen LogP contribution in [0.4, 0.5) is 5.69 Å². The number of carbonyl (C=O) groups excluding carboxylic acids is 3. The fraction of sp³-hybridized carbons (Fsp3) is 0.421. The lowest BCUT2D eigenvalue weighted by atomic mass is 10.0. The molecule has 2 heterocycles. The number of hydrogen-bond donors (Lipinski definition) is 0. The van der Waals surface area contributed by atoms with Crippen LogP contribution in [-0.4, -0.2) is 52.3 Å². The van der Waals surface area contributed by atoms with Crippen LogP contribution in [-0.2, 0) is 33.3 Å². The molecule has 1 saturated heterocycles. The summed E-state index contributed by atoms with van der Waals surface area (Å²) in [7, 11) is 0. The van der Waals surface area contributed by atoms with E-state index in [-0.39, 0.29) is 12.3 Å². The number of benzene rings is 1. The number of aromatic nitrogens is 1. The lowest BCUT2D eigenvalue weighted by Gasteiger charge is -2.41. The zero-order chi connectivity index (χ0) is 22.9. The van der Waals surface area contributed by atoms with Gasteiger partial charge in [0.15, 0.2) is 24.5 Å². The molecule has 0 radical (unpaired) electrons. The minimum Gasteiger partial charge on any atom is -0.456 e. The van der Waals surface area contributed by atoms with Gasteiger partial charge in [-0.15, -0.1) is 0 Å². The number of halogens is 1. The number of fused-ring (bicyclic) bond motifs is 1. The summed E-state index contributed by atoms with van der Waals surface area (Å²) in [6.45, 7) is 3.38. The average molecular weight is 499 g/mol. The number of rotatable bonds is 5. The Balaban J connectivity index is 2.09. The summed E-state index contributed by atoms with van der Waals surface area (Å²) >= 11 is 3.18. The van der Waals surface area contributed by atoms with Gasteiger partial charge in [0.05, 0.1) is 21.5 Å². The number of hydrogen-bond acceptors (Lipinski definition) is 9. The van der Waals surface area contributed by atoms with Crippen LogP contribution in [0.5, 0.6) is 0 Å². The predicted molar refractivity (Wildman–Crippen MR) is 108 cm³/mol. The van der Waals surface area contributed by atoms with Gasteiger partial charge < -0.3 is 23.5 Å². The van der Waals surface area contributed by atoms with Gasteiger partial charge in [0, 0.05) is 38.4 Å². The van der Waals surface area contributed by atoms with Gasteiger partial charge in [0.2, 0.25) is 0 Å². The molecule has 1 aliphatic heterocycles. The molecule has 1 aromatic heterocycles. The molecular formula is C19H19BrN2O9. The molecule has 0 spiro atoms. The first-order chi connectivity index (χ1) is 14.6. The Labute approximate surface area is 184 Å². The SMILES string of the molecule is CC(=O)O[C@@H]1[C@H](OC(C)=O)[C@H](OC(C)=O)CO[C@@H]1n1ccc2cc(Br)c([N+](=O)[O-])cc21. The quantitative estimate of drug-likeness (QED) is 0.263. The summed E-state index contributed by atoms with van der Waals surface area (Å²) < 4.78 is 23.6. The van der Waals surface area contributed by atoms with Crippen LogP contribution in [0.2, 0.25) is 0 Å². The molecule has 0 amide bonds. The first-order valence-electron chi connectivity index (χ1n) is 9.16. The first-order valence-corrected chi connectivity index (χ1v) is 9.95. The van der Waals surface area contributed by atoms with Crippen LogP contribution < -0.4 is 0 Å². The van der Waals surface area contributed by atoms with Gasteiger partial charge in [0.25, 0.3) is 5.69 Å². The number of nitro groups is 1. The molecule has 0 unspecified atom stereocenters. The normalized spacial score (nSPS) is 23.2. The monoisotopic (exact) mass is 498 g/mol. The fourth-order valence-corrected chi connectivity index (χ4v) is 3.99. The van der Waals surface area contributed by atoms with Crippen LogP contribution in [0.25, 0.3) is 10.9 Å². The van der Waals surface area contributed by atoms with Crippen LogP contribution in [0.15, 0.2) is 28.9 Å². The number of nitrogens with zero attached hydrogens (tertiary/aromatic N) is 2. The van der Waals surface area contributed by atoms with E-state index < -0.39 is 47.4 Å². The Bertz CT molecular complexity index is 1050. The molecule has 1 aliphatic rings. The Morgan fingerprint density at radius 2 is 1.71 bits per heavy atom. The molecule has 4 atom stereocenters. The molecule has 12 heteroatoms. The Morgan fingerprint density at radius 3 is 2.29 bits per heavy atom. The van der Waals surface area contributed by atoms with E-state index in [1.165, 1.54) is 26.8 Å². The fourth-order valence-electron chi connectivity index (χ4n) is 3.49. The van der Waals surface area contributed by atoms with Gasteiger partial charge in [-0.25, -0.2) is 0 Å². The molecule has 1 fully saturated rings. The summed E-state index contributed by atoms with van der Waals surface area (Å²) in [6.07, 6.45) is -2.73. The summed E-state index contributed by atoms with van der Waals surface area (Å²) in [5, 5.41) is 12.0. The molecule has 166 valence electrons. The molecule has 0 N–H and O–H groups in total. The summed E-state index contributed by atoms with van der Waals surface area (Å²) in [5.74, 6) is -1.97. The summed E-state index contributed by atoms with van der Waals surface area (Å²) in [5.41, 5.74) is 0.270. The van der Waals surface area contributed by atoms with Gasteiger partial charge in [-0.2, -0.15) is 0 Å². The van der Waals surface area contributed by atoms with Crippen molar-refractivity contribution in [3.63, 3.8) is 0 Å². The maximum Gasteiger partial charge on any atom is 0.303 e. The first kappa shape index (κ1) is 22.7. The summed E-state index contributed by atoms with van der Waals surface area (Å²) in [4.78, 5) is 45.8. The van der Waals surface area contributed by atoms with Gasteiger partial charge in [-0.3, -0.25) is 24.5 Å². The number of esters is 3. The molecule has 2 aromatic rings. The second-order valence-electron chi connectivity index (χ2n) is 6.86. The highest BCUT2D eigenvalue weighted by molar-refractivity contribution is 9.10. The zero-order valence-electron chi connectivity index (χ0n) is 16.8. The largest absolute Gasteiger partial charge is 0.456 e. The third kappa shape index (κ3) is 4.85. The molecule has 0 bridgehead atoms. The minimum absolute atomic E-state index is 0.155. The lowest BCUT2D eigenvalue weighted by molar-refractivity contribution is -0.385. The lowest BCUT2D eigenvalue weighted by Crippen LogP contribution is -2.55. The van der Waals surface area contributed by atoms with Crippen molar-refractivity contribution in [2.24, 2.45) is 0 Å². The van der Waals surface area contributed by atoms with Crippen molar-refractivity contribution in [3.8, 4) is 0 Å². The summed E-state index contributed by atoms with van der Waals surface area (Å²) in [6, 6.07) is 4.64. The second-order valence-corrected chi connectivity index (χ2v) is 7.72. The van der Waals surface area contributed by atoms with Crippen molar-refractivity contribution in [1.82, 2.24) is 4.57 Å². The highest BCUT2D eigenvalue weighted by Gasteiger charge is 2.47. The average Bonchev–Trinajstić information content (AvgIpc) is 3.05. The molecule has 1 aromatic carbocycles. The van der Waals surface area contributed by atoms with Gasteiger partial charge >= 0.3 is 17.9 Å². The maximum atomic E-state index is 11.8. The van der Waals surface area contributed by atoms with Crippen molar-refractivity contribution < 1.29 is 38.3 Å². The van der Waals surface area contributed by atoms with Crippen molar-refractivity contribution in [1.29, 1.82) is 0 Å². The molecular weight excluding hydrogens is 480 g/mol. The number of nitro benzene ring substituents is 1. The van der Waals surface area contributed by atoms with E-state index in [0.717, 1.165) is 0 Å². The highest BCUT2D eigenvalue weighted by Crippen LogP contribution is 2.36. The van der Waals surface area contributed by atoms with E-state index >= 15 is 0 Å². The molecule has 31 heavy (non-hydrogen) atoms. The van der Waals surface area contributed by atoms with E-state index in [1.807, 2.05) is 0 Å². The van der Waals surface area contributed by atoms with Crippen LogP contribution >= 0.6 is 15.9 Å². The minimum atomic E-state index is -1.18. The Hall–Kier alpha value is -2.99. The van der Waals surface area contributed by atoms with E-state index in [4.69, 9.17) is 18.9 Å². The van der Waals surface area contributed by atoms with Crippen LogP contribution in [0, 0.1) is 10.1 Å². The van der Waals surface area contributed by atoms with E-state index in [9.17, 15) is 24.5 Å². The predicted octanol–water partition coefficient (Wildman–Crippen LogP) is 2.64. The van der Waals surface area contributed by atoms with Crippen molar-refractivity contribution in [2.75, 3.05) is 6.61 Å². The Kier molecular flexibility index (Phi) is 6.60. The smallest absolute Gasteiger partial charge is 0.303 e. The standard InChI is InChI=1S/C19H19BrN2O9/c1-9(23)29-16-8-28-19(18(31-11(3)25)17(16)30-10(2)24)21-5-4-12-6-13(20)15(22(26)27)7-14(12)21/h4-7,16-19H,8H2,1-3H3/t16-,17-,18-,19+/m1/s1. The Morgan fingerprint density at radius 1 is 1.10 bits per heavy atom. The van der Waals surface area contributed by atoms with E-state index in [2.05, 4.69) is 15.9 Å². The number of ether oxygens (including phenoxy) is 4. The third-order valence-corrected chi connectivity index (χ3v) is 5.22. The third-order valence-electron chi connectivity index (χ3n) is 4.58. The molecule has 0 saturated carbocycles.